The molecule has 2 aromatic carbocycles. The smallest absolute Gasteiger partial charge is 0.262 e. The van der Waals surface area contributed by atoms with Crippen LogP contribution in [0.1, 0.15) is 13.3 Å². The zero-order chi connectivity index (χ0) is 19.4. The number of hydrogen-bond acceptors (Lipinski definition) is 4. The number of nitrogens with zero attached hydrogens (tertiary/aromatic N) is 2. The second-order valence-electron chi connectivity index (χ2n) is 5.83. The fourth-order valence-corrected chi connectivity index (χ4v) is 3.41. The molecule has 1 amide bonds. The lowest BCUT2D eigenvalue weighted by atomic mass is 10.2. The summed E-state index contributed by atoms with van der Waals surface area (Å²) in [6, 6.07) is 9.84. The molecule has 1 aromatic heterocycles. The van der Waals surface area contributed by atoms with Gasteiger partial charge in [-0.3, -0.25) is 14.2 Å². The van der Waals surface area contributed by atoms with E-state index in [-0.39, 0.29) is 17.0 Å². The van der Waals surface area contributed by atoms with E-state index in [9.17, 15) is 18.4 Å². The number of halogens is 2. The Morgan fingerprint density at radius 2 is 2.00 bits per heavy atom. The molecule has 0 bridgehead atoms. The van der Waals surface area contributed by atoms with E-state index in [1.54, 1.807) is 24.3 Å². The number of rotatable bonds is 6. The van der Waals surface area contributed by atoms with Crippen LogP contribution in [0.25, 0.3) is 10.9 Å². The maximum absolute atomic E-state index is 13.6. The Morgan fingerprint density at radius 3 is 2.78 bits per heavy atom. The van der Waals surface area contributed by atoms with E-state index < -0.39 is 17.5 Å². The summed E-state index contributed by atoms with van der Waals surface area (Å²) >= 11 is 1.08. The highest BCUT2D eigenvalue weighted by Gasteiger charge is 2.14. The lowest BCUT2D eigenvalue weighted by Crippen LogP contribution is -2.24. The molecule has 27 heavy (non-hydrogen) atoms. The molecule has 3 aromatic rings. The molecule has 0 aliphatic rings. The maximum atomic E-state index is 13.6. The number of para-hydroxylation sites is 1. The third-order valence-electron chi connectivity index (χ3n) is 3.81. The predicted molar refractivity (Wildman–Crippen MR) is 102 cm³/mol. The van der Waals surface area contributed by atoms with Crippen molar-refractivity contribution in [3.63, 3.8) is 0 Å². The van der Waals surface area contributed by atoms with Crippen molar-refractivity contribution in [1.82, 2.24) is 9.55 Å². The van der Waals surface area contributed by atoms with Gasteiger partial charge in [0.25, 0.3) is 5.56 Å². The minimum atomic E-state index is -0.721. The molecule has 5 nitrogen and oxygen atoms in total. The summed E-state index contributed by atoms with van der Waals surface area (Å²) in [6.45, 7) is 2.41. The van der Waals surface area contributed by atoms with Crippen LogP contribution in [0.3, 0.4) is 0 Å². The Bertz CT molecular complexity index is 1050. The molecule has 0 radical (unpaired) electrons. The third-order valence-corrected chi connectivity index (χ3v) is 4.79. The van der Waals surface area contributed by atoms with Crippen molar-refractivity contribution in [2.24, 2.45) is 0 Å². The van der Waals surface area contributed by atoms with Gasteiger partial charge in [-0.05, 0) is 30.7 Å². The summed E-state index contributed by atoms with van der Waals surface area (Å²) in [4.78, 5) is 29.3. The van der Waals surface area contributed by atoms with Crippen LogP contribution in [0.2, 0.25) is 0 Å². The van der Waals surface area contributed by atoms with Crippen molar-refractivity contribution in [3.05, 3.63) is 64.5 Å². The first kappa shape index (κ1) is 19.0. The average molecular weight is 389 g/mol. The maximum Gasteiger partial charge on any atom is 0.262 e. The highest BCUT2D eigenvalue weighted by atomic mass is 32.2. The minimum absolute atomic E-state index is 0.0928. The molecular weight excluding hydrogens is 372 g/mol. The van der Waals surface area contributed by atoms with Gasteiger partial charge in [0, 0.05) is 12.6 Å². The standard InChI is InChI=1S/C19H17F2N3O2S/c1-2-9-24-18(26)13-5-3-4-6-15(13)23-19(24)27-11-17(25)22-16-10-12(20)7-8-14(16)21/h3-8,10H,2,9,11H2,1H3,(H,22,25). The van der Waals surface area contributed by atoms with Gasteiger partial charge >= 0.3 is 0 Å². The minimum Gasteiger partial charge on any atom is -0.323 e. The molecule has 1 N–H and O–H groups in total. The van der Waals surface area contributed by atoms with Gasteiger partial charge in [-0.1, -0.05) is 30.8 Å². The van der Waals surface area contributed by atoms with Gasteiger partial charge in [-0.15, -0.1) is 0 Å². The molecule has 140 valence electrons. The Labute approximate surface area is 158 Å². The molecule has 3 rings (SSSR count). The van der Waals surface area contributed by atoms with Crippen molar-refractivity contribution in [1.29, 1.82) is 0 Å². The number of carbonyl (C=O) groups is 1. The lowest BCUT2D eigenvalue weighted by molar-refractivity contribution is -0.113. The summed E-state index contributed by atoms with van der Waals surface area (Å²) in [7, 11) is 0. The number of fused-ring (bicyclic) bond motifs is 1. The second-order valence-corrected chi connectivity index (χ2v) is 6.77. The van der Waals surface area contributed by atoms with Crippen molar-refractivity contribution in [2.75, 3.05) is 11.1 Å². The van der Waals surface area contributed by atoms with E-state index in [0.29, 0.717) is 22.6 Å². The summed E-state index contributed by atoms with van der Waals surface area (Å²) in [5.74, 6) is -1.98. The molecule has 0 atom stereocenters. The molecule has 8 heteroatoms. The Morgan fingerprint density at radius 1 is 1.22 bits per heavy atom. The van der Waals surface area contributed by atoms with Crippen LogP contribution in [0.4, 0.5) is 14.5 Å². The highest BCUT2D eigenvalue weighted by molar-refractivity contribution is 7.99. The van der Waals surface area contributed by atoms with Gasteiger partial charge in [-0.25, -0.2) is 13.8 Å². The zero-order valence-corrected chi connectivity index (χ0v) is 15.4. The summed E-state index contributed by atoms with van der Waals surface area (Å²) in [5, 5.41) is 3.26. The summed E-state index contributed by atoms with van der Waals surface area (Å²) in [5.41, 5.74) is 0.161. The average Bonchev–Trinajstić information content (AvgIpc) is 2.66. The molecule has 0 saturated carbocycles. The highest BCUT2D eigenvalue weighted by Crippen LogP contribution is 2.20. The van der Waals surface area contributed by atoms with Gasteiger partial charge in [-0.2, -0.15) is 0 Å². The van der Waals surface area contributed by atoms with Crippen molar-refractivity contribution in [3.8, 4) is 0 Å². The summed E-state index contributed by atoms with van der Waals surface area (Å²) in [6.07, 6.45) is 0.730. The zero-order valence-electron chi connectivity index (χ0n) is 14.5. The van der Waals surface area contributed by atoms with Gasteiger partial charge in [0.2, 0.25) is 5.91 Å². The van der Waals surface area contributed by atoms with Crippen LogP contribution < -0.4 is 10.9 Å². The Hall–Kier alpha value is -2.74. The Kier molecular flexibility index (Phi) is 5.85. The second kappa shape index (κ2) is 8.30. The van der Waals surface area contributed by atoms with Gasteiger partial charge in [0.15, 0.2) is 5.16 Å². The fraction of sp³-hybridized carbons (Fsp3) is 0.211. The van der Waals surface area contributed by atoms with Crippen LogP contribution in [0.15, 0.2) is 52.4 Å². The fourth-order valence-electron chi connectivity index (χ4n) is 2.59. The van der Waals surface area contributed by atoms with Crippen LogP contribution in [-0.2, 0) is 11.3 Å². The number of amides is 1. The van der Waals surface area contributed by atoms with E-state index >= 15 is 0 Å². The quantitative estimate of drug-likeness (QED) is 0.514. The van der Waals surface area contributed by atoms with E-state index in [1.165, 1.54) is 4.57 Å². The first-order valence-electron chi connectivity index (χ1n) is 8.37. The van der Waals surface area contributed by atoms with Crippen molar-refractivity contribution < 1.29 is 13.6 Å². The number of hydrogen-bond donors (Lipinski definition) is 1. The molecule has 0 aliphatic heterocycles. The van der Waals surface area contributed by atoms with E-state index in [0.717, 1.165) is 36.4 Å². The molecule has 0 fully saturated rings. The predicted octanol–water partition coefficient (Wildman–Crippen LogP) is 3.82. The molecular formula is C19H17F2N3O2S. The van der Waals surface area contributed by atoms with E-state index in [4.69, 9.17) is 0 Å². The van der Waals surface area contributed by atoms with Crippen LogP contribution in [-0.4, -0.2) is 21.2 Å². The number of aromatic nitrogens is 2. The van der Waals surface area contributed by atoms with Crippen LogP contribution in [0, 0.1) is 11.6 Å². The third kappa shape index (κ3) is 4.33. The molecule has 0 unspecified atom stereocenters. The number of anilines is 1. The first-order chi connectivity index (χ1) is 13.0. The van der Waals surface area contributed by atoms with Crippen molar-refractivity contribution in [2.45, 2.75) is 25.0 Å². The molecule has 1 heterocycles. The topological polar surface area (TPSA) is 64.0 Å². The largest absolute Gasteiger partial charge is 0.323 e. The van der Waals surface area contributed by atoms with Gasteiger partial charge < -0.3 is 5.32 Å². The van der Waals surface area contributed by atoms with Crippen LogP contribution in [0.5, 0.6) is 0 Å². The monoisotopic (exact) mass is 389 g/mol. The molecule has 0 saturated heterocycles. The number of thioether (sulfide) groups is 1. The number of carbonyl (C=O) groups excluding carboxylic acids is 1. The normalized spacial score (nSPS) is 10.9. The molecule has 0 spiro atoms. The lowest BCUT2D eigenvalue weighted by Gasteiger charge is -2.12. The first-order valence-corrected chi connectivity index (χ1v) is 9.35. The van der Waals surface area contributed by atoms with E-state index in [1.807, 2.05) is 6.92 Å². The van der Waals surface area contributed by atoms with Crippen molar-refractivity contribution >= 4 is 34.3 Å². The summed E-state index contributed by atoms with van der Waals surface area (Å²) < 4.78 is 28.4. The van der Waals surface area contributed by atoms with E-state index in [2.05, 4.69) is 10.3 Å². The molecule has 0 aliphatic carbocycles. The van der Waals surface area contributed by atoms with Crippen LogP contribution >= 0.6 is 11.8 Å². The SMILES string of the molecule is CCCn1c(SCC(=O)Nc2cc(F)ccc2F)nc2ccccc2c1=O. The number of nitrogens with one attached hydrogen (secondary N) is 1. The number of benzene rings is 2. The van der Waals surface area contributed by atoms with Gasteiger partial charge in [0.1, 0.15) is 11.6 Å². The Balaban J connectivity index is 1.81. The van der Waals surface area contributed by atoms with Gasteiger partial charge in [0.05, 0.1) is 22.3 Å².